The molecule has 2 heterocycles. The van der Waals surface area contributed by atoms with Gasteiger partial charge in [-0.05, 0) is 6.07 Å². The van der Waals surface area contributed by atoms with E-state index in [-0.39, 0.29) is 0 Å². The fourth-order valence-electron chi connectivity index (χ4n) is 0.996. The summed E-state index contributed by atoms with van der Waals surface area (Å²) in [6.45, 7) is 0. The fourth-order valence-corrected chi connectivity index (χ4v) is 1.42. The van der Waals surface area contributed by atoms with E-state index >= 15 is 0 Å². The Balaban J connectivity index is 2.69. The summed E-state index contributed by atoms with van der Waals surface area (Å²) in [5, 5.41) is 1.22. The Labute approximate surface area is 77.5 Å². The lowest BCUT2D eigenvalue weighted by atomic mass is 10.3. The van der Waals surface area contributed by atoms with Crippen LogP contribution >= 0.6 is 0 Å². The standard InChI is InChI=1S/C8H7N3OS/c1-13(12)8-10-5-6-4-9-3-2-7(6)11-8/h2-5H,1H3. The van der Waals surface area contributed by atoms with E-state index < -0.39 is 10.8 Å². The maximum Gasteiger partial charge on any atom is 0.218 e. The summed E-state index contributed by atoms with van der Waals surface area (Å²) in [7, 11) is -1.13. The van der Waals surface area contributed by atoms with Crippen LogP contribution in [0.1, 0.15) is 0 Å². The molecule has 0 bridgehead atoms. The molecule has 2 rings (SSSR count). The highest BCUT2D eigenvalue weighted by Crippen LogP contribution is 2.08. The number of pyridine rings is 1. The number of rotatable bonds is 1. The minimum absolute atomic E-state index is 0.360. The molecule has 0 N–H and O–H groups in total. The molecular formula is C8H7N3OS. The average molecular weight is 193 g/mol. The third kappa shape index (κ3) is 1.55. The molecule has 0 amide bonds. The van der Waals surface area contributed by atoms with Crippen LogP contribution < -0.4 is 0 Å². The Morgan fingerprint density at radius 2 is 2.23 bits per heavy atom. The zero-order chi connectivity index (χ0) is 9.26. The van der Waals surface area contributed by atoms with Gasteiger partial charge in [0.2, 0.25) is 5.16 Å². The molecule has 0 aliphatic carbocycles. The summed E-state index contributed by atoms with van der Waals surface area (Å²) < 4.78 is 11.1. The lowest BCUT2D eigenvalue weighted by Crippen LogP contribution is -1.96. The molecule has 0 aliphatic rings. The van der Waals surface area contributed by atoms with Gasteiger partial charge in [0.25, 0.3) is 0 Å². The average Bonchev–Trinajstić information content (AvgIpc) is 2.17. The zero-order valence-electron chi connectivity index (χ0n) is 6.97. The predicted molar refractivity (Wildman–Crippen MR) is 49.7 cm³/mol. The lowest BCUT2D eigenvalue weighted by molar-refractivity contribution is 0.680. The third-order valence-corrected chi connectivity index (χ3v) is 2.33. The molecule has 1 unspecified atom stereocenters. The number of hydrogen-bond acceptors (Lipinski definition) is 4. The van der Waals surface area contributed by atoms with Crippen LogP contribution in [0, 0.1) is 0 Å². The van der Waals surface area contributed by atoms with E-state index in [0.717, 1.165) is 10.9 Å². The first-order valence-corrected chi connectivity index (χ1v) is 5.23. The van der Waals surface area contributed by atoms with Gasteiger partial charge < -0.3 is 0 Å². The highest BCUT2D eigenvalue weighted by atomic mass is 32.2. The van der Waals surface area contributed by atoms with Gasteiger partial charge >= 0.3 is 0 Å². The molecule has 0 saturated heterocycles. The summed E-state index contributed by atoms with van der Waals surface area (Å²) in [5.74, 6) is 0. The largest absolute Gasteiger partial charge is 0.264 e. The SMILES string of the molecule is CS(=O)c1ncc2cnccc2n1. The summed E-state index contributed by atoms with van der Waals surface area (Å²) in [6.07, 6.45) is 6.52. The summed E-state index contributed by atoms with van der Waals surface area (Å²) in [6, 6.07) is 1.77. The maximum atomic E-state index is 11.1. The van der Waals surface area contributed by atoms with Crippen molar-refractivity contribution in [2.75, 3.05) is 6.26 Å². The van der Waals surface area contributed by atoms with E-state index in [9.17, 15) is 4.21 Å². The van der Waals surface area contributed by atoms with Crippen LogP contribution in [0.2, 0.25) is 0 Å². The maximum absolute atomic E-state index is 11.1. The fraction of sp³-hybridized carbons (Fsp3) is 0.125. The van der Waals surface area contributed by atoms with Crippen LogP contribution in [0.5, 0.6) is 0 Å². The first-order chi connectivity index (χ1) is 6.27. The predicted octanol–water partition coefficient (Wildman–Crippen LogP) is 0.762. The smallest absolute Gasteiger partial charge is 0.218 e. The molecule has 2 aromatic rings. The molecule has 0 aliphatic heterocycles. The quantitative estimate of drug-likeness (QED) is 0.627. The van der Waals surface area contributed by atoms with Gasteiger partial charge in [0.1, 0.15) is 0 Å². The van der Waals surface area contributed by atoms with Gasteiger partial charge in [-0.15, -0.1) is 0 Å². The molecule has 5 heteroatoms. The Morgan fingerprint density at radius 1 is 1.38 bits per heavy atom. The van der Waals surface area contributed by atoms with Gasteiger partial charge in [0.15, 0.2) is 0 Å². The number of hydrogen-bond donors (Lipinski definition) is 0. The molecule has 0 fully saturated rings. The van der Waals surface area contributed by atoms with E-state index in [1.54, 1.807) is 30.9 Å². The van der Waals surface area contributed by atoms with Crippen LogP contribution in [-0.4, -0.2) is 25.4 Å². The van der Waals surface area contributed by atoms with Gasteiger partial charge in [-0.3, -0.25) is 9.19 Å². The Hall–Kier alpha value is -1.36. The van der Waals surface area contributed by atoms with Crippen molar-refractivity contribution in [1.82, 2.24) is 15.0 Å². The Bertz CT molecular complexity index is 472. The van der Waals surface area contributed by atoms with E-state index in [1.807, 2.05) is 0 Å². The van der Waals surface area contributed by atoms with Gasteiger partial charge in [-0.25, -0.2) is 9.97 Å². The molecule has 0 spiro atoms. The first-order valence-electron chi connectivity index (χ1n) is 3.67. The molecule has 2 aromatic heterocycles. The van der Waals surface area contributed by atoms with E-state index in [1.165, 1.54) is 0 Å². The van der Waals surface area contributed by atoms with E-state index in [4.69, 9.17) is 0 Å². The zero-order valence-corrected chi connectivity index (χ0v) is 7.78. The van der Waals surface area contributed by atoms with Crippen molar-refractivity contribution >= 4 is 21.7 Å². The van der Waals surface area contributed by atoms with Gasteiger partial charge in [0, 0.05) is 30.2 Å². The molecule has 4 nitrogen and oxygen atoms in total. The molecule has 1 atom stereocenters. The normalized spacial score (nSPS) is 13.0. The number of nitrogens with zero attached hydrogens (tertiary/aromatic N) is 3. The van der Waals surface area contributed by atoms with Crippen molar-refractivity contribution in [3.63, 3.8) is 0 Å². The molecule has 0 radical (unpaired) electrons. The summed E-state index contributed by atoms with van der Waals surface area (Å²) in [4.78, 5) is 12.0. The summed E-state index contributed by atoms with van der Waals surface area (Å²) >= 11 is 0. The van der Waals surface area contributed by atoms with E-state index in [2.05, 4.69) is 15.0 Å². The molecule has 13 heavy (non-hydrogen) atoms. The van der Waals surface area contributed by atoms with Crippen molar-refractivity contribution in [3.05, 3.63) is 24.7 Å². The Kier molecular flexibility index (Phi) is 2.02. The number of aromatic nitrogens is 3. The molecule has 0 aromatic carbocycles. The lowest BCUT2D eigenvalue weighted by Gasteiger charge is -1.97. The van der Waals surface area contributed by atoms with Crippen LogP contribution in [0.4, 0.5) is 0 Å². The Morgan fingerprint density at radius 3 is 3.00 bits per heavy atom. The van der Waals surface area contributed by atoms with Crippen molar-refractivity contribution < 1.29 is 4.21 Å². The minimum atomic E-state index is -1.13. The van der Waals surface area contributed by atoms with Crippen molar-refractivity contribution in [1.29, 1.82) is 0 Å². The monoisotopic (exact) mass is 193 g/mol. The van der Waals surface area contributed by atoms with Crippen LogP contribution in [-0.2, 0) is 10.8 Å². The van der Waals surface area contributed by atoms with E-state index in [0.29, 0.717) is 5.16 Å². The number of fused-ring (bicyclic) bond motifs is 1. The van der Waals surface area contributed by atoms with Crippen molar-refractivity contribution in [3.8, 4) is 0 Å². The van der Waals surface area contributed by atoms with Crippen molar-refractivity contribution in [2.45, 2.75) is 5.16 Å². The van der Waals surface area contributed by atoms with Crippen LogP contribution in [0.25, 0.3) is 10.9 Å². The molecule has 0 saturated carbocycles. The molecular weight excluding hydrogens is 186 g/mol. The van der Waals surface area contributed by atoms with Crippen molar-refractivity contribution in [2.24, 2.45) is 0 Å². The first kappa shape index (κ1) is 8.25. The van der Waals surface area contributed by atoms with Gasteiger partial charge in [-0.1, -0.05) is 0 Å². The second-order valence-electron chi connectivity index (χ2n) is 2.54. The second-order valence-corrected chi connectivity index (χ2v) is 3.81. The van der Waals surface area contributed by atoms with Crippen LogP contribution in [0.3, 0.4) is 0 Å². The van der Waals surface area contributed by atoms with Gasteiger partial charge in [0.05, 0.1) is 16.3 Å². The highest BCUT2D eigenvalue weighted by Gasteiger charge is 2.01. The van der Waals surface area contributed by atoms with Crippen LogP contribution in [0.15, 0.2) is 29.8 Å². The highest BCUT2D eigenvalue weighted by molar-refractivity contribution is 7.84. The molecule has 66 valence electrons. The minimum Gasteiger partial charge on any atom is -0.264 e. The second kappa shape index (κ2) is 3.18. The van der Waals surface area contributed by atoms with Gasteiger partial charge in [-0.2, -0.15) is 0 Å². The topological polar surface area (TPSA) is 55.7 Å². The third-order valence-electron chi connectivity index (χ3n) is 1.62. The summed E-state index contributed by atoms with van der Waals surface area (Å²) in [5.41, 5.74) is 0.773.